The molecular weight excluding hydrogens is 218 g/mol. The number of nitrogens with two attached hydrogens (primary N) is 1. The normalized spacial score (nSPS) is 11.2. The highest BCUT2D eigenvalue weighted by atomic mass is 16.6. The van der Waals surface area contributed by atoms with Gasteiger partial charge in [0.1, 0.15) is 12.2 Å². The van der Waals surface area contributed by atoms with E-state index in [4.69, 9.17) is 15.2 Å². The van der Waals surface area contributed by atoms with Gasteiger partial charge in [-0.3, -0.25) is 0 Å². The maximum absolute atomic E-state index is 11.4. The van der Waals surface area contributed by atoms with Gasteiger partial charge in [0.2, 0.25) is 0 Å². The van der Waals surface area contributed by atoms with Crippen molar-refractivity contribution in [3.8, 4) is 0 Å². The van der Waals surface area contributed by atoms with E-state index < -0.39 is 5.60 Å². The van der Waals surface area contributed by atoms with Gasteiger partial charge in [-0.05, 0) is 26.8 Å². The predicted molar refractivity (Wildman–Crippen MR) is 66.4 cm³/mol. The van der Waals surface area contributed by atoms with E-state index in [1.165, 1.54) is 0 Å². The largest absolute Gasteiger partial charge is 0.458 e. The Hall–Kier alpha value is -1.55. The molecule has 0 heterocycles. The summed E-state index contributed by atoms with van der Waals surface area (Å²) in [6.07, 6.45) is 0. The molecule has 0 radical (unpaired) electrons. The Kier molecular flexibility index (Phi) is 4.52. The lowest BCUT2D eigenvalue weighted by molar-refractivity contribution is -0.160. The van der Waals surface area contributed by atoms with Gasteiger partial charge < -0.3 is 15.2 Å². The number of hydrogen-bond donors (Lipinski definition) is 1. The van der Waals surface area contributed by atoms with Gasteiger partial charge in [-0.2, -0.15) is 0 Å². The predicted octanol–water partition coefficient (Wildman–Crippen LogP) is 2.13. The maximum atomic E-state index is 11.4. The Morgan fingerprint density at radius 1 is 1.29 bits per heavy atom. The number of esters is 1. The van der Waals surface area contributed by atoms with Crippen LogP contribution in [0, 0.1) is 0 Å². The van der Waals surface area contributed by atoms with E-state index in [1.54, 1.807) is 6.07 Å². The lowest BCUT2D eigenvalue weighted by Gasteiger charge is -2.19. The van der Waals surface area contributed by atoms with Crippen LogP contribution in [0.4, 0.5) is 5.69 Å². The van der Waals surface area contributed by atoms with Crippen molar-refractivity contribution in [1.82, 2.24) is 0 Å². The molecule has 94 valence electrons. The van der Waals surface area contributed by atoms with Crippen LogP contribution in [0.3, 0.4) is 0 Å². The monoisotopic (exact) mass is 237 g/mol. The average Bonchev–Trinajstić information content (AvgIpc) is 2.18. The molecular formula is C13H19NO3. The summed E-state index contributed by atoms with van der Waals surface area (Å²) in [5.74, 6) is -0.369. The summed E-state index contributed by atoms with van der Waals surface area (Å²) in [5.41, 5.74) is 6.80. The minimum absolute atomic E-state index is 0.0639. The van der Waals surface area contributed by atoms with Crippen LogP contribution in [0.15, 0.2) is 24.3 Å². The molecule has 1 aromatic carbocycles. The van der Waals surface area contributed by atoms with Crippen molar-refractivity contribution in [3.63, 3.8) is 0 Å². The third kappa shape index (κ3) is 5.36. The molecule has 17 heavy (non-hydrogen) atoms. The number of carbonyl (C=O) groups excluding carboxylic acids is 1. The highest BCUT2D eigenvalue weighted by molar-refractivity contribution is 5.71. The molecule has 0 bridgehead atoms. The highest BCUT2D eigenvalue weighted by Crippen LogP contribution is 2.12. The number of benzene rings is 1. The van der Waals surface area contributed by atoms with E-state index in [2.05, 4.69) is 0 Å². The molecule has 2 N–H and O–H groups in total. The van der Waals surface area contributed by atoms with Crippen molar-refractivity contribution < 1.29 is 14.3 Å². The van der Waals surface area contributed by atoms with E-state index in [-0.39, 0.29) is 12.6 Å². The summed E-state index contributed by atoms with van der Waals surface area (Å²) in [7, 11) is 0. The minimum atomic E-state index is -0.480. The fourth-order valence-corrected chi connectivity index (χ4v) is 1.28. The van der Waals surface area contributed by atoms with Crippen LogP contribution >= 0.6 is 0 Å². The second-order valence-corrected chi connectivity index (χ2v) is 4.78. The van der Waals surface area contributed by atoms with Crippen LogP contribution in [0.25, 0.3) is 0 Å². The number of ether oxygens (including phenoxy) is 2. The smallest absolute Gasteiger partial charge is 0.332 e. The Bertz CT molecular complexity index is 382. The number of hydrogen-bond acceptors (Lipinski definition) is 4. The molecule has 0 unspecified atom stereocenters. The molecule has 0 aliphatic heterocycles. The van der Waals surface area contributed by atoms with Crippen LogP contribution < -0.4 is 5.73 Å². The molecule has 4 nitrogen and oxygen atoms in total. The fraction of sp³-hybridized carbons (Fsp3) is 0.462. The number of carbonyl (C=O) groups is 1. The van der Waals surface area contributed by atoms with Gasteiger partial charge in [-0.25, -0.2) is 4.79 Å². The summed E-state index contributed by atoms with van der Waals surface area (Å²) < 4.78 is 10.4. The average molecular weight is 237 g/mol. The lowest BCUT2D eigenvalue weighted by Crippen LogP contribution is -2.26. The highest BCUT2D eigenvalue weighted by Gasteiger charge is 2.16. The van der Waals surface area contributed by atoms with Crippen LogP contribution in [0.5, 0.6) is 0 Å². The van der Waals surface area contributed by atoms with E-state index in [1.807, 2.05) is 39.0 Å². The summed E-state index contributed by atoms with van der Waals surface area (Å²) in [6, 6.07) is 7.39. The third-order valence-electron chi connectivity index (χ3n) is 1.95. The zero-order valence-corrected chi connectivity index (χ0v) is 10.5. The van der Waals surface area contributed by atoms with E-state index in [0.717, 1.165) is 5.56 Å². The first-order chi connectivity index (χ1) is 7.88. The van der Waals surface area contributed by atoms with Gasteiger partial charge in [0, 0.05) is 11.3 Å². The van der Waals surface area contributed by atoms with Gasteiger partial charge in [-0.15, -0.1) is 0 Å². The molecule has 0 atom stereocenters. The first-order valence-electron chi connectivity index (χ1n) is 5.51. The number of rotatable bonds is 4. The van der Waals surface area contributed by atoms with Gasteiger partial charge in [0.05, 0.1) is 6.61 Å². The van der Waals surface area contributed by atoms with Crippen molar-refractivity contribution in [1.29, 1.82) is 0 Å². The van der Waals surface area contributed by atoms with Gasteiger partial charge >= 0.3 is 5.97 Å². The number of anilines is 1. The van der Waals surface area contributed by atoms with E-state index >= 15 is 0 Å². The maximum Gasteiger partial charge on any atom is 0.332 e. The second kappa shape index (κ2) is 5.68. The third-order valence-corrected chi connectivity index (χ3v) is 1.95. The Morgan fingerprint density at radius 3 is 2.53 bits per heavy atom. The Morgan fingerprint density at radius 2 is 1.94 bits per heavy atom. The van der Waals surface area contributed by atoms with Crippen molar-refractivity contribution in [2.24, 2.45) is 0 Å². The van der Waals surface area contributed by atoms with Crippen molar-refractivity contribution >= 4 is 11.7 Å². The lowest BCUT2D eigenvalue weighted by atomic mass is 10.2. The van der Waals surface area contributed by atoms with Crippen LogP contribution in [-0.2, 0) is 20.9 Å². The van der Waals surface area contributed by atoms with E-state index in [0.29, 0.717) is 12.3 Å². The molecule has 0 aromatic heterocycles. The molecule has 0 saturated heterocycles. The topological polar surface area (TPSA) is 61.5 Å². The van der Waals surface area contributed by atoms with Gasteiger partial charge in [0.25, 0.3) is 0 Å². The Balaban J connectivity index is 2.34. The molecule has 4 heteroatoms. The number of para-hydroxylation sites is 1. The fourth-order valence-electron chi connectivity index (χ4n) is 1.28. The summed E-state index contributed by atoms with van der Waals surface area (Å²) in [6.45, 7) is 5.71. The second-order valence-electron chi connectivity index (χ2n) is 4.78. The zero-order chi connectivity index (χ0) is 12.9. The molecule has 0 fully saturated rings. The van der Waals surface area contributed by atoms with E-state index in [9.17, 15) is 4.79 Å². The summed E-state index contributed by atoms with van der Waals surface area (Å²) >= 11 is 0. The molecule has 1 rings (SSSR count). The minimum Gasteiger partial charge on any atom is -0.458 e. The first-order valence-corrected chi connectivity index (χ1v) is 5.51. The number of nitrogen functional groups attached to an aromatic ring is 1. The van der Waals surface area contributed by atoms with Crippen molar-refractivity contribution in [2.45, 2.75) is 33.0 Å². The van der Waals surface area contributed by atoms with Crippen molar-refractivity contribution in [3.05, 3.63) is 29.8 Å². The van der Waals surface area contributed by atoms with Gasteiger partial charge in [0.15, 0.2) is 0 Å². The van der Waals surface area contributed by atoms with Crippen LogP contribution in [0.2, 0.25) is 0 Å². The summed E-state index contributed by atoms with van der Waals surface area (Å²) in [4.78, 5) is 11.4. The standard InChI is InChI=1S/C13H19NO3/c1-13(2,3)17-12(15)9-16-8-10-6-4-5-7-11(10)14/h4-7H,8-9,14H2,1-3H3. The molecule has 1 aromatic rings. The van der Waals surface area contributed by atoms with Crippen LogP contribution in [0.1, 0.15) is 26.3 Å². The van der Waals surface area contributed by atoms with Crippen molar-refractivity contribution in [2.75, 3.05) is 12.3 Å². The van der Waals surface area contributed by atoms with Gasteiger partial charge in [-0.1, -0.05) is 18.2 Å². The molecule has 0 aliphatic carbocycles. The molecule has 0 spiro atoms. The molecule has 0 amide bonds. The Labute approximate surface area is 102 Å². The SMILES string of the molecule is CC(C)(C)OC(=O)COCc1ccccc1N. The quantitative estimate of drug-likeness (QED) is 0.643. The molecule has 0 saturated carbocycles. The molecule has 0 aliphatic rings. The summed E-state index contributed by atoms with van der Waals surface area (Å²) in [5, 5.41) is 0. The zero-order valence-electron chi connectivity index (χ0n) is 10.5. The van der Waals surface area contributed by atoms with Crippen LogP contribution in [-0.4, -0.2) is 18.2 Å². The first kappa shape index (κ1) is 13.5.